The number of carbonyl (C=O) groups is 2. The molecule has 7 rings (SSSR count). The van der Waals surface area contributed by atoms with Crippen LogP contribution in [0, 0.1) is 5.92 Å². The van der Waals surface area contributed by atoms with Gasteiger partial charge in [0.1, 0.15) is 37.9 Å². The van der Waals surface area contributed by atoms with Crippen LogP contribution in [0.2, 0.25) is 0 Å². The number of fused-ring (bicyclic) bond motifs is 3. The smallest absolute Gasteiger partial charge is 0.328 e. The SMILES string of the molecule is B[C@H]1CC(OC)[C@@H](COP(=S)(OC2C3OC[C@]2(CO)O[C@H]3n2cnc3c(=O)[nH]c(NC(=O)C(C)C)nc32)O[C@H](c2ccccc2)[C@@H]2CCCN2C(C)=O)O1. The Balaban J connectivity index is 1.23. The number of amides is 2. The lowest BCUT2D eigenvalue weighted by Crippen LogP contribution is -2.45. The van der Waals surface area contributed by atoms with Gasteiger partial charge in [-0.2, -0.15) is 4.98 Å². The predicted octanol–water partition coefficient (Wildman–Crippen LogP) is 1.53. The molecule has 4 saturated heterocycles. The normalized spacial score (nSPS) is 31.0. The van der Waals surface area contributed by atoms with Gasteiger partial charge in [-0.25, -0.2) is 4.98 Å². The molecule has 0 spiro atoms. The summed E-state index contributed by atoms with van der Waals surface area (Å²) < 4.78 is 46.3. The zero-order valence-electron chi connectivity index (χ0n) is 30.8. The number of aliphatic hydroxyl groups is 1. The van der Waals surface area contributed by atoms with E-state index in [-0.39, 0.29) is 66.2 Å². The van der Waals surface area contributed by atoms with E-state index in [1.54, 1.807) is 25.9 Å². The van der Waals surface area contributed by atoms with Crippen LogP contribution in [0.15, 0.2) is 41.5 Å². The van der Waals surface area contributed by atoms with E-state index in [1.807, 2.05) is 38.2 Å². The number of hydrogen-bond acceptors (Lipinski definition) is 14. The number of aromatic amines is 1. The Labute approximate surface area is 318 Å². The second kappa shape index (κ2) is 15.8. The Morgan fingerprint density at radius 2 is 2.06 bits per heavy atom. The molecule has 292 valence electrons. The van der Waals surface area contributed by atoms with Crippen molar-refractivity contribution in [2.24, 2.45) is 5.92 Å². The molecule has 6 heterocycles. The van der Waals surface area contributed by atoms with Crippen LogP contribution in [0.4, 0.5) is 5.95 Å². The Kier molecular flexibility index (Phi) is 11.5. The van der Waals surface area contributed by atoms with Crippen LogP contribution in [0.25, 0.3) is 11.2 Å². The molecular weight excluding hydrogens is 742 g/mol. The van der Waals surface area contributed by atoms with Gasteiger partial charge in [-0.15, -0.1) is 0 Å². The molecule has 54 heavy (non-hydrogen) atoms. The van der Waals surface area contributed by atoms with Crippen LogP contribution in [0.5, 0.6) is 0 Å². The summed E-state index contributed by atoms with van der Waals surface area (Å²) in [6.07, 6.45) is -0.851. The molecule has 4 fully saturated rings. The van der Waals surface area contributed by atoms with Crippen molar-refractivity contribution < 1.29 is 47.2 Å². The molecule has 2 amide bonds. The van der Waals surface area contributed by atoms with Crippen molar-refractivity contribution in [3.63, 3.8) is 0 Å². The molecule has 0 aliphatic carbocycles. The number of imidazole rings is 1. The molecule has 4 aliphatic heterocycles. The molecule has 2 aromatic heterocycles. The first-order valence-electron chi connectivity index (χ1n) is 18.1. The summed E-state index contributed by atoms with van der Waals surface area (Å²) in [7, 11) is 3.57. The second-order valence-electron chi connectivity index (χ2n) is 14.5. The molecule has 4 aliphatic rings. The van der Waals surface area contributed by atoms with Crippen LogP contribution in [-0.4, -0.2) is 125 Å². The Hall–Kier alpha value is -3.10. The number of aliphatic hydroxyl groups excluding tert-OH is 1. The molecule has 2 bridgehead atoms. The first-order chi connectivity index (χ1) is 25.8. The molecule has 4 unspecified atom stereocenters. The van der Waals surface area contributed by atoms with Crippen molar-refractivity contribution in [1.82, 2.24) is 24.4 Å². The van der Waals surface area contributed by atoms with E-state index < -0.39 is 55.1 Å². The van der Waals surface area contributed by atoms with E-state index >= 15 is 0 Å². The maximum absolute atomic E-state index is 13.0. The summed E-state index contributed by atoms with van der Waals surface area (Å²) in [6, 6.07) is 9.07. The summed E-state index contributed by atoms with van der Waals surface area (Å²) >= 11 is 6.27. The number of benzene rings is 1. The van der Waals surface area contributed by atoms with Crippen molar-refractivity contribution in [1.29, 1.82) is 0 Å². The number of rotatable bonds is 14. The van der Waals surface area contributed by atoms with Gasteiger partial charge in [-0.1, -0.05) is 44.2 Å². The maximum Gasteiger partial charge on any atom is 0.328 e. The van der Waals surface area contributed by atoms with E-state index in [9.17, 15) is 19.5 Å². The third-order valence-electron chi connectivity index (χ3n) is 10.5. The lowest BCUT2D eigenvalue weighted by atomic mass is 9.96. The molecule has 1 aromatic carbocycles. The minimum Gasteiger partial charge on any atom is -0.393 e. The first-order valence-corrected chi connectivity index (χ1v) is 20.7. The third-order valence-corrected chi connectivity index (χ3v) is 12.7. The van der Waals surface area contributed by atoms with Crippen molar-refractivity contribution in [2.45, 2.75) is 94.4 Å². The number of carbonyl (C=O) groups excluding carboxylic acids is 2. The van der Waals surface area contributed by atoms with Crippen molar-refractivity contribution >= 4 is 55.3 Å². The van der Waals surface area contributed by atoms with Gasteiger partial charge in [0.15, 0.2) is 17.4 Å². The summed E-state index contributed by atoms with van der Waals surface area (Å²) in [5.41, 5.74) is -1.08. The van der Waals surface area contributed by atoms with Gasteiger partial charge in [-0.3, -0.25) is 38.3 Å². The Bertz CT molecular complexity index is 1960. The van der Waals surface area contributed by atoms with E-state index in [2.05, 4.69) is 20.3 Å². The van der Waals surface area contributed by atoms with Gasteiger partial charge >= 0.3 is 6.72 Å². The van der Waals surface area contributed by atoms with Gasteiger partial charge in [-0.05, 0) is 36.6 Å². The van der Waals surface area contributed by atoms with Crippen molar-refractivity contribution in [3.8, 4) is 0 Å². The number of ether oxygens (including phenoxy) is 4. The number of likely N-dealkylation sites (tertiary alicyclic amines) is 1. The molecule has 3 aromatic rings. The number of hydrogen-bond donors (Lipinski definition) is 3. The summed E-state index contributed by atoms with van der Waals surface area (Å²) in [4.78, 5) is 51.3. The van der Waals surface area contributed by atoms with Gasteiger partial charge < -0.3 is 33.5 Å². The first kappa shape index (κ1) is 39.2. The minimum atomic E-state index is -3.85. The molecule has 10 atom stereocenters. The van der Waals surface area contributed by atoms with Gasteiger partial charge in [0.2, 0.25) is 17.8 Å². The Morgan fingerprint density at radius 1 is 1.28 bits per heavy atom. The van der Waals surface area contributed by atoms with E-state index in [4.69, 9.17) is 44.3 Å². The topological polar surface area (TPSA) is 198 Å². The van der Waals surface area contributed by atoms with Crippen LogP contribution in [0.1, 0.15) is 57.9 Å². The number of aromatic nitrogens is 4. The highest BCUT2D eigenvalue weighted by Crippen LogP contribution is 2.61. The fraction of sp³-hybridized carbons (Fsp3) is 0.618. The highest BCUT2D eigenvalue weighted by atomic mass is 32.5. The number of nitrogens with zero attached hydrogens (tertiary/aromatic N) is 4. The van der Waals surface area contributed by atoms with Crippen molar-refractivity contribution in [3.05, 3.63) is 52.6 Å². The monoisotopic (exact) mass is 788 g/mol. The van der Waals surface area contributed by atoms with Crippen LogP contribution in [0.3, 0.4) is 0 Å². The maximum atomic E-state index is 13.0. The average molecular weight is 789 g/mol. The average Bonchev–Trinajstić information content (AvgIpc) is 3.99. The molecular formula is C34H46BN6O11PS. The molecule has 0 radical (unpaired) electrons. The largest absolute Gasteiger partial charge is 0.393 e. The summed E-state index contributed by atoms with van der Waals surface area (Å²) in [5, 5.41) is 13.5. The molecule has 20 heteroatoms. The molecule has 17 nitrogen and oxygen atoms in total. The number of H-pyrrole nitrogens is 1. The van der Waals surface area contributed by atoms with E-state index in [0.29, 0.717) is 19.4 Å². The predicted molar refractivity (Wildman–Crippen MR) is 200 cm³/mol. The lowest BCUT2D eigenvalue weighted by molar-refractivity contribution is -0.185. The molecule has 0 saturated carbocycles. The standard InChI is InChI=1S/C34H46BN6O11PS/c1-18(2)30(44)38-33-37-29-25(31(45)39-33)36-17-41(29)32-27-28(34(15-42,50-32)16-47-27)52-53(54,48-14-23-22(46-4)13-24(35)49-23)51-26(20-9-6-5-7-10-20)21-11-8-12-40(21)19(3)43/h5-7,9-10,17-18,21-24,26-28,32,42H,8,11-16,35H2,1-4H3,(H2,37,38,39,44,45)/t21-,22?,23+,24+,26+,27?,28?,32+,34-,53?/m0/s1. The fourth-order valence-electron chi connectivity index (χ4n) is 7.66. The quantitative estimate of drug-likeness (QED) is 0.157. The second-order valence-corrected chi connectivity index (χ2v) is 17.4. The fourth-order valence-corrected chi connectivity index (χ4v) is 10.0. The third kappa shape index (κ3) is 7.55. The zero-order valence-corrected chi connectivity index (χ0v) is 32.5. The van der Waals surface area contributed by atoms with Crippen LogP contribution in [-0.2, 0) is 53.9 Å². The van der Waals surface area contributed by atoms with Gasteiger partial charge in [0, 0.05) is 32.5 Å². The van der Waals surface area contributed by atoms with Gasteiger partial charge in [0.05, 0.1) is 38.3 Å². The Morgan fingerprint density at radius 3 is 2.76 bits per heavy atom. The zero-order chi connectivity index (χ0) is 38.4. The minimum absolute atomic E-state index is 0.00648. The number of nitrogens with one attached hydrogen (secondary N) is 2. The highest BCUT2D eigenvalue weighted by Gasteiger charge is 2.65. The highest BCUT2D eigenvalue weighted by molar-refractivity contribution is 8.07. The van der Waals surface area contributed by atoms with Crippen molar-refractivity contribution in [2.75, 3.05) is 38.8 Å². The molecule has 3 N–H and O–H groups in total. The summed E-state index contributed by atoms with van der Waals surface area (Å²) in [6.45, 7) is 1.11. The lowest BCUT2D eigenvalue weighted by Gasteiger charge is -2.37. The van der Waals surface area contributed by atoms with E-state index in [0.717, 1.165) is 12.0 Å². The number of anilines is 1. The number of methoxy groups -OCH3 is 1. The van der Waals surface area contributed by atoms with Gasteiger partial charge in [0.25, 0.3) is 5.56 Å². The van der Waals surface area contributed by atoms with Crippen LogP contribution >= 0.6 is 6.72 Å². The van der Waals surface area contributed by atoms with Crippen LogP contribution < -0.4 is 10.9 Å². The van der Waals surface area contributed by atoms with E-state index in [1.165, 1.54) is 17.8 Å². The summed E-state index contributed by atoms with van der Waals surface area (Å²) in [5.74, 6) is -0.848.